The molecule has 3 N–H and O–H groups in total. The van der Waals surface area contributed by atoms with Gasteiger partial charge in [-0.2, -0.15) is 0 Å². The number of phenolic OH excluding ortho intramolecular Hbond substituents is 1. The summed E-state index contributed by atoms with van der Waals surface area (Å²) in [5.41, 5.74) is 10.2. The van der Waals surface area contributed by atoms with Crippen molar-refractivity contribution in [3.8, 4) is 5.75 Å². The second-order valence-corrected chi connectivity index (χ2v) is 7.25. The number of aromatic hydroxyl groups is 1. The van der Waals surface area contributed by atoms with Crippen molar-refractivity contribution in [3.63, 3.8) is 0 Å². The van der Waals surface area contributed by atoms with Crippen molar-refractivity contribution in [3.05, 3.63) is 22.8 Å². The van der Waals surface area contributed by atoms with Gasteiger partial charge in [-0.3, -0.25) is 9.80 Å². The lowest BCUT2D eigenvalue weighted by molar-refractivity contribution is 0.215. The number of rotatable bonds is 4. The molecule has 4 nitrogen and oxygen atoms in total. The number of piperidine rings is 2. The highest BCUT2D eigenvalue weighted by Gasteiger charge is 2.19. The van der Waals surface area contributed by atoms with Gasteiger partial charge in [0.05, 0.1) is 5.69 Å². The Balaban J connectivity index is 1.79. The van der Waals surface area contributed by atoms with Gasteiger partial charge in [0.25, 0.3) is 0 Å². The Morgan fingerprint density at radius 2 is 1.43 bits per heavy atom. The highest BCUT2D eigenvalue weighted by Crippen LogP contribution is 2.33. The quantitative estimate of drug-likeness (QED) is 0.661. The monoisotopic (exact) mass is 317 g/mol. The second kappa shape index (κ2) is 7.54. The van der Waals surface area contributed by atoms with E-state index in [9.17, 15) is 5.11 Å². The van der Waals surface area contributed by atoms with Gasteiger partial charge in [0.15, 0.2) is 0 Å². The Bertz CT molecular complexity index is 532. The fourth-order valence-electron chi connectivity index (χ4n) is 3.97. The summed E-state index contributed by atoms with van der Waals surface area (Å²) in [6.45, 7) is 8.57. The van der Waals surface area contributed by atoms with Gasteiger partial charge >= 0.3 is 0 Å². The van der Waals surface area contributed by atoms with Crippen molar-refractivity contribution in [2.45, 2.75) is 58.5 Å². The standard InChI is InChI=1S/C19H31N3O/c1-15-16(13-21-8-4-2-5-9-21)12-18(20)19(23)17(15)14-22-10-6-3-7-11-22/h12,23H,2-11,13-14,20H2,1H3. The summed E-state index contributed by atoms with van der Waals surface area (Å²) < 4.78 is 0. The normalized spacial score (nSPS) is 20.7. The first-order valence-electron chi connectivity index (χ1n) is 9.19. The molecule has 0 aromatic heterocycles. The number of nitrogens with two attached hydrogens (primary N) is 1. The van der Waals surface area contributed by atoms with Crippen LogP contribution in [0, 0.1) is 6.92 Å². The molecule has 0 aliphatic carbocycles. The van der Waals surface area contributed by atoms with Crippen molar-refractivity contribution < 1.29 is 5.11 Å². The highest BCUT2D eigenvalue weighted by molar-refractivity contribution is 5.61. The van der Waals surface area contributed by atoms with E-state index < -0.39 is 0 Å². The molecule has 0 atom stereocenters. The fourth-order valence-corrected chi connectivity index (χ4v) is 3.97. The van der Waals surface area contributed by atoms with E-state index in [1.54, 1.807) is 0 Å². The largest absolute Gasteiger partial charge is 0.505 e. The first-order valence-corrected chi connectivity index (χ1v) is 9.19. The van der Waals surface area contributed by atoms with Crippen LogP contribution in [0.4, 0.5) is 5.69 Å². The van der Waals surface area contributed by atoms with Gasteiger partial charge in [0, 0.05) is 18.7 Å². The third-order valence-electron chi connectivity index (χ3n) is 5.50. The van der Waals surface area contributed by atoms with Gasteiger partial charge in [-0.05, 0) is 76.0 Å². The van der Waals surface area contributed by atoms with Crippen molar-refractivity contribution in [1.29, 1.82) is 0 Å². The molecule has 128 valence electrons. The summed E-state index contributed by atoms with van der Waals surface area (Å²) >= 11 is 0. The summed E-state index contributed by atoms with van der Waals surface area (Å²) in [5.74, 6) is 0.301. The van der Waals surface area contributed by atoms with E-state index in [1.165, 1.54) is 62.7 Å². The van der Waals surface area contributed by atoms with Crippen LogP contribution in [0.25, 0.3) is 0 Å². The van der Waals surface area contributed by atoms with E-state index in [2.05, 4.69) is 16.7 Å². The van der Waals surface area contributed by atoms with Crippen LogP contribution < -0.4 is 5.73 Å². The van der Waals surface area contributed by atoms with Crippen molar-refractivity contribution >= 4 is 5.69 Å². The van der Waals surface area contributed by atoms with Crippen LogP contribution in [0.2, 0.25) is 0 Å². The molecule has 2 saturated heterocycles. The second-order valence-electron chi connectivity index (χ2n) is 7.25. The average molecular weight is 317 g/mol. The molecule has 0 radical (unpaired) electrons. The van der Waals surface area contributed by atoms with E-state index >= 15 is 0 Å². The minimum Gasteiger partial charge on any atom is -0.505 e. The van der Waals surface area contributed by atoms with E-state index in [-0.39, 0.29) is 0 Å². The third-order valence-corrected chi connectivity index (χ3v) is 5.50. The number of likely N-dealkylation sites (tertiary alicyclic amines) is 2. The maximum Gasteiger partial charge on any atom is 0.143 e. The Kier molecular flexibility index (Phi) is 5.44. The lowest BCUT2D eigenvalue weighted by Crippen LogP contribution is -2.31. The zero-order valence-electron chi connectivity index (χ0n) is 14.5. The maximum absolute atomic E-state index is 10.5. The molecule has 23 heavy (non-hydrogen) atoms. The molecule has 4 heteroatoms. The minimum absolute atomic E-state index is 0.301. The first kappa shape index (κ1) is 16.6. The van der Waals surface area contributed by atoms with Crippen molar-refractivity contribution in [2.75, 3.05) is 31.9 Å². The lowest BCUT2D eigenvalue weighted by atomic mass is 9.97. The molecule has 1 aromatic carbocycles. The molecule has 3 rings (SSSR count). The van der Waals surface area contributed by atoms with Crippen LogP contribution in [-0.2, 0) is 13.1 Å². The van der Waals surface area contributed by atoms with Crippen LogP contribution in [0.3, 0.4) is 0 Å². The van der Waals surface area contributed by atoms with Gasteiger partial charge in [-0.25, -0.2) is 0 Å². The SMILES string of the molecule is Cc1c(CN2CCCCC2)cc(N)c(O)c1CN1CCCCC1. The molecule has 0 unspecified atom stereocenters. The highest BCUT2D eigenvalue weighted by atomic mass is 16.3. The first-order chi connectivity index (χ1) is 11.1. The molecule has 2 aliphatic rings. The van der Waals surface area contributed by atoms with Gasteiger partial charge in [-0.1, -0.05) is 12.8 Å². The smallest absolute Gasteiger partial charge is 0.143 e. The van der Waals surface area contributed by atoms with Crippen LogP contribution >= 0.6 is 0 Å². The van der Waals surface area contributed by atoms with Crippen molar-refractivity contribution in [1.82, 2.24) is 9.80 Å². The van der Waals surface area contributed by atoms with Crippen LogP contribution in [-0.4, -0.2) is 41.1 Å². The zero-order valence-corrected chi connectivity index (χ0v) is 14.5. The maximum atomic E-state index is 10.5. The molecule has 2 fully saturated rings. The van der Waals surface area contributed by atoms with E-state index in [0.717, 1.165) is 31.7 Å². The molecule has 0 bridgehead atoms. The number of hydrogen-bond acceptors (Lipinski definition) is 4. The van der Waals surface area contributed by atoms with Gasteiger partial charge < -0.3 is 10.8 Å². The van der Waals surface area contributed by atoms with Gasteiger partial charge in [0.1, 0.15) is 5.75 Å². The Morgan fingerprint density at radius 3 is 2.00 bits per heavy atom. The van der Waals surface area contributed by atoms with Gasteiger partial charge in [-0.15, -0.1) is 0 Å². The molecule has 0 saturated carbocycles. The number of nitrogens with zero attached hydrogens (tertiary/aromatic N) is 2. The molecule has 2 heterocycles. The molecule has 1 aromatic rings. The molecule has 0 amide bonds. The summed E-state index contributed by atoms with van der Waals surface area (Å²) in [6.07, 6.45) is 7.82. The van der Waals surface area contributed by atoms with Gasteiger partial charge in [0.2, 0.25) is 0 Å². The molecule has 2 aliphatic heterocycles. The summed E-state index contributed by atoms with van der Waals surface area (Å²) in [7, 11) is 0. The number of anilines is 1. The van der Waals surface area contributed by atoms with Crippen molar-refractivity contribution in [2.24, 2.45) is 0 Å². The number of hydrogen-bond donors (Lipinski definition) is 2. The number of phenols is 1. The lowest BCUT2D eigenvalue weighted by Gasteiger charge is -2.30. The third kappa shape index (κ3) is 3.99. The van der Waals surface area contributed by atoms with Crippen LogP contribution in [0.1, 0.15) is 55.2 Å². The summed E-state index contributed by atoms with van der Waals surface area (Å²) in [6, 6.07) is 1.99. The van der Waals surface area contributed by atoms with E-state index in [0.29, 0.717) is 11.4 Å². The van der Waals surface area contributed by atoms with E-state index in [4.69, 9.17) is 5.73 Å². The number of benzene rings is 1. The topological polar surface area (TPSA) is 52.7 Å². The Hall–Kier alpha value is -1.26. The van der Waals surface area contributed by atoms with Crippen LogP contribution in [0.15, 0.2) is 6.07 Å². The molecular formula is C19H31N3O. The summed E-state index contributed by atoms with van der Waals surface area (Å²) in [4.78, 5) is 4.97. The summed E-state index contributed by atoms with van der Waals surface area (Å²) in [5, 5.41) is 10.5. The average Bonchev–Trinajstić information content (AvgIpc) is 2.58. The predicted molar refractivity (Wildman–Crippen MR) is 95.5 cm³/mol. The van der Waals surface area contributed by atoms with Crippen LogP contribution in [0.5, 0.6) is 5.75 Å². The zero-order chi connectivity index (χ0) is 16.2. The molecule has 0 spiro atoms. The predicted octanol–water partition coefficient (Wildman–Crippen LogP) is 3.25. The Labute approximate surface area is 140 Å². The molecular weight excluding hydrogens is 286 g/mol. The number of nitrogen functional groups attached to an aromatic ring is 1. The minimum atomic E-state index is 0.301. The fraction of sp³-hybridized carbons (Fsp3) is 0.684. The van der Waals surface area contributed by atoms with E-state index in [1.807, 2.05) is 6.07 Å². The Morgan fingerprint density at radius 1 is 0.913 bits per heavy atom.